The van der Waals surface area contributed by atoms with E-state index in [0.717, 1.165) is 17.7 Å². The number of halogens is 4. The molecule has 1 saturated carbocycles. The summed E-state index contributed by atoms with van der Waals surface area (Å²) < 4.78 is 51.9. The van der Waals surface area contributed by atoms with Crippen LogP contribution in [-0.4, -0.2) is 37.0 Å². The van der Waals surface area contributed by atoms with Gasteiger partial charge in [0.1, 0.15) is 5.82 Å². The molecule has 0 spiro atoms. The Kier molecular flexibility index (Phi) is 4.77. The molecule has 2 fully saturated rings. The highest BCUT2D eigenvalue weighted by Crippen LogP contribution is 2.49. The average Bonchev–Trinajstić information content (AvgIpc) is 3.48. The van der Waals surface area contributed by atoms with Crippen LogP contribution in [0.3, 0.4) is 0 Å². The third-order valence-electron chi connectivity index (χ3n) is 5.56. The molecule has 0 bridgehead atoms. The Morgan fingerprint density at radius 3 is 2.18 bits per heavy atom. The number of nitrogens with zero attached hydrogens (tertiary/aromatic N) is 2. The quantitative estimate of drug-likeness (QED) is 0.728. The molecule has 0 aromatic heterocycles. The summed E-state index contributed by atoms with van der Waals surface area (Å²) in [6, 6.07) is 11.7. The molecule has 4 rings (SSSR count). The molecule has 1 heterocycles. The van der Waals surface area contributed by atoms with Crippen molar-refractivity contribution in [1.82, 2.24) is 4.90 Å². The molecule has 28 heavy (non-hydrogen) atoms. The number of piperazine rings is 1. The van der Waals surface area contributed by atoms with Gasteiger partial charge in [-0.2, -0.15) is 13.2 Å². The predicted molar refractivity (Wildman–Crippen MR) is 97.5 cm³/mol. The summed E-state index contributed by atoms with van der Waals surface area (Å²) in [7, 11) is 0. The SMILES string of the molecule is O=C(C1CC1c1ccc(C(F)(F)F)cc1)N1CCN(c2ccccc2F)CC1. The lowest BCUT2D eigenvalue weighted by atomic mass is 10.1. The third-order valence-corrected chi connectivity index (χ3v) is 5.56. The number of amides is 1. The summed E-state index contributed by atoms with van der Waals surface area (Å²) in [5.41, 5.74) is 0.643. The fraction of sp³-hybridized carbons (Fsp3) is 0.381. The van der Waals surface area contributed by atoms with E-state index in [4.69, 9.17) is 0 Å². The van der Waals surface area contributed by atoms with Gasteiger partial charge in [-0.05, 0) is 42.2 Å². The van der Waals surface area contributed by atoms with E-state index in [2.05, 4.69) is 0 Å². The Hall–Kier alpha value is -2.57. The summed E-state index contributed by atoms with van der Waals surface area (Å²) in [5, 5.41) is 0. The van der Waals surface area contributed by atoms with Crippen LogP contribution in [0.2, 0.25) is 0 Å². The minimum Gasteiger partial charge on any atom is -0.366 e. The van der Waals surface area contributed by atoms with Gasteiger partial charge in [0.2, 0.25) is 5.91 Å². The average molecular weight is 392 g/mol. The lowest BCUT2D eigenvalue weighted by Gasteiger charge is -2.36. The Morgan fingerprint density at radius 1 is 0.929 bits per heavy atom. The van der Waals surface area contributed by atoms with Crippen LogP contribution in [0, 0.1) is 11.7 Å². The molecule has 0 radical (unpaired) electrons. The third kappa shape index (κ3) is 3.70. The molecule has 3 nitrogen and oxygen atoms in total. The van der Waals surface area contributed by atoms with Gasteiger partial charge in [-0.1, -0.05) is 24.3 Å². The van der Waals surface area contributed by atoms with Gasteiger partial charge in [-0.3, -0.25) is 4.79 Å². The van der Waals surface area contributed by atoms with Crippen LogP contribution in [0.1, 0.15) is 23.5 Å². The van der Waals surface area contributed by atoms with E-state index in [-0.39, 0.29) is 23.6 Å². The highest BCUT2D eigenvalue weighted by molar-refractivity contribution is 5.83. The monoisotopic (exact) mass is 392 g/mol. The van der Waals surface area contributed by atoms with E-state index in [1.54, 1.807) is 23.1 Å². The molecule has 2 unspecified atom stereocenters. The van der Waals surface area contributed by atoms with Crippen molar-refractivity contribution in [3.05, 3.63) is 65.5 Å². The van der Waals surface area contributed by atoms with E-state index in [9.17, 15) is 22.4 Å². The number of carbonyl (C=O) groups is 1. The van der Waals surface area contributed by atoms with Gasteiger partial charge >= 0.3 is 6.18 Å². The van der Waals surface area contributed by atoms with Gasteiger partial charge in [-0.25, -0.2) is 4.39 Å². The fourth-order valence-electron chi connectivity index (χ4n) is 3.87. The van der Waals surface area contributed by atoms with Crippen molar-refractivity contribution in [1.29, 1.82) is 0 Å². The first-order valence-electron chi connectivity index (χ1n) is 9.30. The minimum atomic E-state index is -4.35. The van der Waals surface area contributed by atoms with E-state index in [1.807, 2.05) is 4.90 Å². The Balaban J connectivity index is 1.34. The molecular formula is C21H20F4N2O. The Morgan fingerprint density at radius 2 is 1.57 bits per heavy atom. The van der Waals surface area contributed by atoms with Gasteiger partial charge in [0, 0.05) is 32.1 Å². The van der Waals surface area contributed by atoms with Gasteiger partial charge < -0.3 is 9.80 Å². The van der Waals surface area contributed by atoms with E-state index in [1.165, 1.54) is 18.2 Å². The first-order valence-corrected chi connectivity index (χ1v) is 9.30. The lowest BCUT2D eigenvalue weighted by Crippen LogP contribution is -2.49. The zero-order valence-corrected chi connectivity index (χ0v) is 15.1. The minimum absolute atomic E-state index is 0.0145. The maximum atomic E-state index is 13.9. The van der Waals surface area contributed by atoms with Crippen molar-refractivity contribution in [2.24, 2.45) is 5.92 Å². The highest BCUT2D eigenvalue weighted by Gasteiger charge is 2.46. The second kappa shape index (κ2) is 7.11. The maximum Gasteiger partial charge on any atom is 0.416 e. The van der Waals surface area contributed by atoms with Crippen molar-refractivity contribution in [2.45, 2.75) is 18.5 Å². The molecule has 2 atom stereocenters. The molecule has 2 aromatic rings. The van der Waals surface area contributed by atoms with E-state index < -0.39 is 11.7 Å². The second-order valence-corrected chi connectivity index (χ2v) is 7.33. The zero-order chi connectivity index (χ0) is 19.9. The van der Waals surface area contributed by atoms with Crippen LogP contribution >= 0.6 is 0 Å². The zero-order valence-electron chi connectivity index (χ0n) is 15.1. The summed E-state index contributed by atoms with van der Waals surface area (Å²) in [5.74, 6) is -0.416. The number of hydrogen-bond acceptors (Lipinski definition) is 2. The number of hydrogen-bond donors (Lipinski definition) is 0. The molecular weight excluding hydrogens is 372 g/mol. The molecule has 7 heteroatoms. The molecule has 1 aliphatic heterocycles. The van der Waals surface area contributed by atoms with Crippen LogP contribution in [0.25, 0.3) is 0 Å². The fourth-order valence-corrected chi connectivity index (χ4v) is 3.87. The number of rotatable bonds is 3. The van der Waals surface area contributed by atoms with Crippen LogP contribution < -0.4 is 4.90 Å². The summed E-state index contributed by atoms with van der Waals surface area (Å²) in [6.07, 6.45) is -3.69. The molecule has 1 saturated heterocycles. The lowest BCUT2D eigenvalue weighted by molar-refractivity contribution is -0.137. The second-order valence-electron chi connectivity index (χ2n) is 7.33. The Bertz CT molecular complexity index is 857. The topological polar surface area (TPSA) is 23.6 Å². The van der Waals surface area contributed by atoms with Crippen LogP contribution in [0.5, 0.6) is 0 Å². The first-order chi connectivity index (χ1) is 13.3. The number of para-hydroxylation sites is 1. The molecule has 2 aromatic carbocycles. The maximum absolute atomic E-state index is 13.9. The van der Waals surface area contributed by atoms with Crippen molar-refractivity contribution < 1.29 is 22.4 Å². The van der Waals surface area contributed by atoms with Gasteiger partial charge in [0.05, 0.1) is 11.3 Å². The normalized spacial score (nSPS) is 22.3. The Labute approximate surface area is 160 Å². The smallest absolute Gasteiger partial charge is 0.366 e. The summed E-state index contributed by atoms with van der Waals surface area (Å²) in [6.45, 7) is 2.15. The molecule has 1 amide bonds. The van der Waals surface area contributed by atoms with Crippen molar-refractivity contribution in [3.8, 4) is 0 Å². The van der Waals surface area contributed by atoms with Gasteiger partial charge in [-0.15, -0.1) is 0 Å². The highest BCUT2D eigenvalue weighted by atomic mass is 19.4. The van der Waals surface area contributed by atoms with Crippen molar-refractivity contribution in [2.75, 3.05) is 31.1 Å². The van der Waals surface area contributed by atoms with Crippen molar-refractivity contribution in [3.63, 3.8) is 0 Å². The van der Waals surface area contributed by atoms with Crippen molar-refractivity contribution >= 4 is 11.6 Å². The number of anilines is 1. The largest absolute Gasteiger partial charge is 0.416 e. The number of carbonyl (C=O) groups excluding carboxylic acids is 1. The first kappa shape index (κ1) is 18.8. The van der Waals surface area contributed by atoms with Crippen LogP contribution in [0.15, 0.2) is 48.5 Å². The standard InChI is InChI=1S/C21H20F4N2O/c22-18-3-1-2-4-19(18)26-9-11-27(12-10-26)20(28)17-13-16(17)14-5-7-15(8-6-14)21(23,24)25/h1-8,16-17H,9-13H2. The summed E-state index contributed by atoms with van der Waals surface area (Å²) >= 11 is 0. The van der Waals surface area contributed by atoms with E-state index in [0.29, 0.717) is 38.3 Å². The number of benzene rings is 2. The van der Waals surface area contributed by atoms with E-state index >= 15 is 0 Å². The molecule has 1 aliphatic carbocycles. The molecule has 0 N–H and O–H groups in total. The summed E-state index contributed by atoms with van der Waals surface area (Å²) in [4.78, 5) is 16.4. The van der Waals surface area contributed by atoms with Crippen LogP contribution in [0.4, 0.5) is 23.2 Å². The molecule has 2 aliphatic rings. The number of alkyl halides is 3. The van der Waals surface area contributed by atoms with Crippen LogP contribution in [-0.2, 0) is 11.0 Å². The molecule has 148 valence electrons. The van der Waals surface area contributed by atoms with Gasteiger partial charge in [0.25, 0.3) is 0 Å². The predicted octanol–water partition coefficient (Wildman–Crippen LogP) is 4.30. The van der Waals surface area contributed by atoms with Gasteiger partial charge in [0.15, 0.2) is 0 Å².